The van der Waals surface area contributed by atoms with Gasteiger partial charge in [-0.1, -0.05) is 109 Å². The number of para-hydroxylation sites is 1. The maximum atomic E-state index is 5.06. The van der Waals surface area contributed by atoms with Crippen LogP contribution in [0.5, 0.6) is 0 Å². The van der Waals surface area contributed by atoms with Crippen molar-refractivity contribution in [2.45, 2.75) is 0 Å². The number of hydrogen-bond acceptors (Lipinski definition) is 6. The molecule has 0 amide bonds. The van der Waals surface area contributed by atoms with E-state index < -0.39 is 0 Å². The zero-order chi connectivity index (χ0) is 33.5. The highest BCUT2D eigenvalue weighted by Gasteiger charge is 2.25. The molecule has 0 spiro atoms. The zero-order valence-corrected chi connectivity index (χ0v) is 28.6. The molecule has 0 aliphatic carbocycles. The first-order chi connectivity index (χ1) is 25.3. The van der Waals surface area contributed by atoms with E-state index in [1.165, 1.54) is 51.9 Å². The minimum absolute atomic E-state index is 0.634. The zero-order valence-electron chi connectivity index (χ0n) is 27.0. The molecule has 0 radical (unpaired) electrons. The summed E-state index contributed by atoms with van der Waals surface area (Å²) in [6.45, 7) is 0. The minimum Gasteiger partial charge on any atom is -0.308 e. The highest BCUT2D eigenvalue weighted by atomic mass is 32.1. The third-order valence-corrected chi connectivity index (χ3v) is 12.0. The highest BCUT2D eigenvalue weighted by molar-refractivity contribution is 7.30. The fraction of sp³-hybridized carbons (Fsp3) is 0. The van der Waals surface area contributed by atoms with Gasteiger partial charge in [0.05, 0.1) is 11.0 Å². The molecule has 5 heterocycles. The second-order valence-electron chi connectivity index (χ2n) is 12.6. The van der Waals surface area contributed by atoms with E-state index >= 15 is 0 Å². The molecule has 0 aliphatic heterocycles. The van der Waals surface area contributed by atoms with Gasteiger partial charge in [-0.15, -0.1) is 22.7 Å². The summed E-state index contributed by atoms with van der Waals surface area (Å²) in [4.78, 5) is 20.9. The van der Waals surface area contributed by atoms with Crippen molar-refractivity contribution in [3.63, 3.8) is 0 Å². The molecule has 0 atom stereocenters. The van der Waals surface area contributed by atoms with Gasteiger partial charge in [0.1, 0.15) is 4.83 Å². The second-order valence-corrected chi connectivity index (χ2v) is 14.7. The summed E-state index contributed by atoms with van der Waals surface area (Å²) in [5, 5.41) is 7.56. The largest absolute Gasteiger partial charge is 0.308 e. The van der Waals surface area contributed by atoms with Crippen LogP contribution in [0.15, 0.2) is 152 Å². The first kappa shape index (κ1) is 28.5. The van der Waals surface area contributed by atoms with Crippen LogP contribution in [0.2, 0.25) is 0 Å². The van der Waals surface area contributed by atoms with Crippen molar-refractivity contribution >= 4 is 85.0 Å². The van der Waals surface area contributed by atoms with Crippen LogP contribution in [0, 0.1) is 0 Å². The van der Waals surface area contributed by atoms with E-state index in [0.29, 0.717) is 17.5 Å². The molecule has 51 heavy (non-hydrogen) atoms. The topological polar surface area (TPSA) is 56.5 Å². The number of thiophene rings is 2. The molecule has 238 valence electrons. The van der Waals surface area contributed by atoms with E-state index in [9.17, 15) is 0 Å². The Morgan fingerprint density at radius 1 is 0.451 bits per heavy atom. The number of pyridine rings is 1. The normalized spacial score (nSPS) is 11.9. The molecule has 7 heteroatoms. The van der Waals surface area contributed by atoms with Crippen LogP contribution in [-0.4, -0.2) is 24.5 Å². The summed E-state index contributed by atoms with van der Waals surface area (Å²) in [5.41, 5.74) is 6.25. The lowest BCUT2D eigenvalue weighted by Crippen LogP contribution is -2.01. The van der Waals surface area contributed by atoms with Crippen molar-refractivity contribution in [1.82, 2.24) is 24.5 Å². The average Bonchev–Trinajstić information content (AvgIpc) is 3.88. The number of hydrogen-bond donors (Lipinski definition) is 0. The maximum absolute atomic E-state index is 5.06. The van der Waals surface area contributed by atoms with Crippen molar-refractivity contribution in [2.75, 3.05) is 0 Å². The van der Waals surface area contributed by atoms with E-state index in [1.54, 1.807) is 11.3 Å². The standard InChI is InChI=1S/C44H25N5S2/c1-3-13-26(14-4-1)41-46-42(27-15-5-2-6-16-27)48-43(47-41)28-17-11-18-29(25-28)49-33-22-9-7-19-30(33)35-38(49)36-31-20-8-10-23-34(31)50-39(36)37-32-21-12-24-45-44(32)51-40(35)37/h1-25H. The van der Waals surface area contributed by atoms with Gasteiger partial charge in [-0.2, -0.15) is 0 Å². The molecular weight excluding hydrogens is 663 g/mol. The Bertz CT molecular complexity index is 3050. The summed E-state index contributed by atoms with van der Waals surface area (Å²) in [6, 6.07) is 50.8. The van der Waals surface area contributed by atoms with Crippen LogP contribution < -0.4 is 0 Å². The summed E-state index contributed by atoms with van der Waals surface area (Å²) >= 11 is 3.67. The maximum Gasteiger partial charge on any atom is 0.164 e. The Morgan fingerprint density at radius 2 is 1.04 bits per heavy atom. The van der Waals surface area contributed by atoms with E-state index in [4.69, 9.17) is 19.9 Å². The Hall–Kier alpha value is -6.28. The Balaban J connectivity index is 1.24. The van der Waals surface area contributed by atoms with Crippen molar-refractivity contribution in [3.8, 4) is 39.9 Å². The molecular formula is C44H25N5S2. The predicted octanol–water partition coefficient (Wildman–Crippen LogP) is 12.1. The van der Waals surface area contributed by atoms with E-state index in [0.717, 1.165) is 32.7 Å². The molecule has 5 aromatic heterocycles. The summed E-state index contributed by atoms with van der Waals surface area (Å²) in [7, 11) is 0. The van der Waals surface area contributed by atoms with E-state index in [2.05, 4.69) is 89.5 Å². The molecule has 0 saturated carbocycles. The third kappa shape index (κ3) is 4.32. The van der Waals surface area contributed by atoms with Gasteiger partial charge in [0.25, 0.3) is 0 Å². The SMILES string of the molecule is c1ccc(-c2nc(-c3ccccc3)nc(-c3cccc(-n4c5ccccc5c5c6sc7ncccc7c6c6sc7ccccc7c6c54)c3)n2)cc1. The van der Waals surface area contributed by atoms with Crippen LogP contribution in [-0.2, 0) is 0 Å². The van der Waals surface area contributed by atoms with Crippen LogP contribution in [0.4, 0.5) is 0 Å². The number of benzene rings is 6. The lowest BCUT2D eigenvalue weighted by Gasteiger charge is -2.12. The van der Waals surface area contributed by atoms with Gasteiger partial charge in [0, 0.05) is 75.0 Å². The van der Waals surface area contributed by atoms with Crippen LogP contribution in [0.1, 0.15) is 0 Å². The smallest absolute Gasteiger partial charge is 0.164 e. The van der Waals surface area contributed by atoms with Gasteiger partial charge in [0.2, 0.25) is 0 Å². The number of fused-ring (bicyclic) bond motifs is 12. The van der Waals surface area contributed by atoms with E-state index in [-0.39, 0.29) is 0 Å². The number of aromatic nitrogens is 5. The molecule has 0 unspecified atom stereocenters. The van der Waals surface area contributed by atoms with Gasteiger partial charge in [-0.25, -0.2) is 19.9 Å². The van der Waals surface area contributed by atoms with Crippen LogP contribution in [0.25, 0.3) is 102 Å². The van der Waals surface area contributed by atoms with Crippen LogP contribution >= 0.6 is 22.7 Å². The van der Waals surface area contributed by atoms with Crippen molar-refractivity contribution in [2.24, 2.45) is 0 Å². The summed E-state index contributed by atoms with van der Waals surface area (Å²) in [6.07, 6.45) is 1.90. The number of rotatable bonds is 4. The quantitative estimate of drug-likeness (QED) is 0.185. The first-order valence-electron chi connectivity index (χ1n) is 16.8. The lowest BCUT2D eigenvalue weighted by molar-refractivity contribution is 1.07. The average molecular weight is 688 g/mol. The summed E-state index contributed by atoms with van der Waals surface area (Å²) < 4.78 is 6.31. The third-order valence-electron chi connectivity index (χ3n) is 9.69. The summed E-state index contributed by atoms with van der Waals surface area (Å²) in [5.74, 6) is 1.93. The van der Waals surface area contributed by atoms with Gasteiger partial charge >= 0.3 is 0 Å². The molecule has 5 nitrogen and oxygen atoms in total. The highest BCUT2D eigenvalue weighted by Crippen LogP contribution is 2.51. The Morgan fingerprint density at radius 3 is 1.80 bits per heavy atom. The van der Waals surface area contributed by atoms with E-state index in [1.807, 2.05) is 78.2 Å². The number of nitrogens with zero attached hydrogens (tertiary/aromatic N) is 5. The fourth-order valence-electron chi connectivity index (χ4n) is 7.49. The molecule has 0 fully saturated rings. The Labute approximate surface area is 299 Å². The lowest BCUT2D eigenvalue weighted by atomic mass is 10.0. The second kappa shape index (κ2) is 11.1. The van der Waals surface area contributed by atoms with Gasteiger partial charge in [-0.3, -0.25) is 0 Å². The predicted molar refractivity (Wildman–Crippen MR) is 214 cm³/mol. The molecule has 0 aliphatic rings. The minimum atomic E-state index is 0.634. The van der Waals surface area contributed by atoms with Crippen molar-refractivity contribution in [1.29, 1.82) is 0 Å². The van der Waals surface area contributed by atoms with Gasteiger partial charge in [-0.05, 0) is 36.4 Å². The van der Waals surface area contributed by atoms with Gasteiger partial charge in [0.15, 0.2) is 17.5 Å². The molecule has 11 rings (SSSR count). The molecule has 0 bridgehead atoms. The first-order valence-corrected chi connectivity index (χ1v) is 18.4. The fourth-order valence-corrected chi connectivity index (χ4v) is 10.0. The monoisotopic (exact) mass is 687 g/mol. The van der Waals surface area contributed by atoms with Crippen molar-refractivity contribution < 1.29 is 0 Å². The Kier molecular flexibility index (Phi) is 6.22. The molecule has 0 N–H and O–H groups in total. The molecule has 0 saturated heterocycles. The van der Waals surface area contributed by atoms with Gasteiger partial charge < -0.3 is 4.57 Å². The van der Waals surface area contributed by atoms with Crippen molar-refractivity contribution in [3.05, 3.63) is 152 Å². The molecule has 11 aromatic rings. The molecule has 6 aromatic carbocycles. The van der Waals surface area contributed by atoms with Crippen LogP contribution in [0.3, 0.4) is 0 Å².